The summed E-state index contributed by atoms with van der Waals surface area (Å²) in [5, 5.41) is 27.5. The zero-order valence-corrected chi connectivity index (χ0v) is 16.7. The van der Waals surface area contributed by atoms with Crippen molar-refractivity contribution in [2.75, 3.05) is 7.11 Å². The molecule has 2 aliphatic heterocycles. The minimum atomic E-state index is -0.508. The average Bonchev–Trinajstić information content (AvgIpc) is 3.20. The first-order valence-electron chi connectivity index (χ1n) is 9.83. The summed E-state index contributed by atoms with van der Waals surface area (Å²) in [6.45, 7) is 1.99. The Hall–Kier alpha value is -3.67. The van der Waals surface area contributed by atoms with Gasteiger partial charge in [0.25, 0.3) is 0 Å². The summed E-state index contributed by atoms with van der Waals surface area (Å²) in [6, 6.07) is 18.7. The molecule has 152 valence electrons. The van der Waals surface area contributed by atoms with Crippen LogP contribution in [0.3, 0.4) is 0 Å². The summed E-state index contributed by atoms with van der Waals surface area (Å²) in [5.74, 6) is 1.46. The first kappa shape index (κ1) is 18.4. The molecule has 0 amide bonds. The highest BCUT2D eigenvalue weighted by molar-refractivity contribution is 6.04. The molecule has 6 heteroatoms. The number of phenolic OH excluding ortho intramolecular Hbond substituents is 2. The van der Waals surface area contributed by atoms with Crippen LogP contribution in [0.5, 0.6) is 23.0 Å². The number of hydrogen-bond donors (Lipinski definition) is 2. The fourth-order valence-electron chi connectivity index (χ4n) is 4.16. The lowest BCUT2D eigenvalue weighted by Crippen LogP contribution is -2.33. The van der Waals surface area contributed by atoms with Crippen molar-refractivity contribution >= 4 is 5.71 Å². The van der Waals surface area contributed by atoms with Gasteiger partial charge in [-0.1, -0.05) is 29.8 Å². The van der Waals surface area contributed by atoms with Crippen molar-refractivity contribution in [3.05, 3.63) is 82.9 Å². The average molecular weight is 402 g/mol. The van der Waals surface area contributed by atoms with Crippen LogP contribution in [0.1, 0.15) is 40.9 Å². The van der Waals surface area contributed by atoms with Gasteiger partial charge >= 0.3 is 0 Å². The van der Waals surface area contributed by atoms with E-state index in [9.17, 15) is 10.2 Å². The van der Waals surface area contributed by atoms with E-state index in [1.54, 1.807) is 18.2 Å². The molecular formula is C24H22N2O4. The van der Waals surface area contributed by atoms with E-state index >= 15 is 0 Å². The first-order chi connectivity index (χ1) is 14.5. The Morgan fingerprint density at radius 2 is 1.87 bits per heavy atom. The summed E-state index contributed by atoms with van der Waals surface area (Å²) < 4.78 is 11.5. The van der Waals surface area contributed by atoms with E-state index < -0.39 is 6.23 Å². The van der Waals surface area contributed by atoms with E-state index in [-0.39, 0.29) is 17.5 Å². The van der Waals surface area contributed by atoms with Crippen molar-refractivity contribution in [2.24, 2.45) is 5.10 Å². The Kier molecular flexibility index (Phi) is 4.28. The summed E-state index contributed by atoms with van der Waals surface area (Å²) in [7, 11) is 1.52. The molecule has 2 aliphatic rings. The number of para-hydroxylation sites is 1. The second-order valence-corrected chi connectivity index (χ2v) is 7.61. The number of rotatable bonds is 3. The van der Waals surface area contributed by atoms with Gasteiger partial charge in [-0.3, -0.25) is 0 Å². The molecule has 2 heterocycles. The molecule has 3 aromatic rings. The predicted octanol–water partition coefficient (Wildman–Crippen LogP) is 4.66. The van der Waals surface area contributed by atoms with E-state index in [2.05, 4.69) is 0 Å². The molecule has 6 nitrogen and oxygen atoms in total. The number of benzene rings is 3. The number of nitrogens with zero attached hydrogens (tertiary/aromatic N) is 2. The number of aryl methyl sites for hydroxylation is 1. The quantitative estimate of drug-likeness (QED) is 0.667. The van der Waals surface area contributed by atoms with Crippen LogP contribution in [-0.2, 0) is 0 Å². The Morgan fingerprint density at radius 3 is 2.67 bits per heavy atom. The lowest BCUT2D eigenvalue weighted by molar-refractivity contribution is -0.0191. The second kappa shape index (κ2) is 6.99. The zero-order valence-electron chi connectivity index (χ0n) is 16.7. The largest absolute Gasteiger partial charge is 0.507 e. The molecule has 0 fully saturated rings. The lowest BCUT2D eigenvalue weighted by atomic mass is 9.95. The van der Waals surface area contributed by atoms with Crippen molar-refractivity contribution in [1.82, 2.24) is 5.01 Å². The second-order valence-electron chi connectivity index (χ2n) is 7.61. The van der Waals surface area contributed by atoms with Crippen LogP contribution in [0, 0.1) is 6.92 Å². The van der Waals surface area contributed by atoms with Crippen molar-refractivity contribution in [3.63, 3.8) is 0 Å². The maximum atomic E-state index is 10.4. The molecule has 0 unspecified atom stereocenters. The normalized spacial score (nSPS) is 19.5. The van der Waals surface area contributed by atoms with Crippen molar-refractivity contribution < 1.29 is 19.7 Å². The van der Waals surface area contributed by atoms with Gasteiger partial charge < -0.3 is 19.7 Å². The monoisotopic (exact) mass is 402 g/mol. The molecule has 0 saturated heterocycles. The van der Waals surface area contributed by atoms with Gasteiger partial charge in [0.1, 0.15) is 11.5 Å². The third-order valence-corrected chi connectivity index (χ3v) is 5.65. The van der Waals surface area contributed by atoms with Crippen LogP contribution in [0.25, 0.3) is 0 Å². The third-order valence-electron chi connectivity index (χ3n) is 5.65. The van der Waals surface area contributed by atoms with Gasteiger partial charge in [-0.05, 0) is 43.3 Å². The molecule has 30 heavy (non-hydrogen) atoms. The van der Waals surface area contributed by atoms with Crippen LogP contribution >= 0.6 is 0 Å². The van der Waals surface area contributed by atoms with Crippen LogP contribution < -0.4 is 9.47 Å². The SMILES string of the molecule is COc1ccc([C@@H]2Oc3ccccc3[C@H]3CC(c4cc(C)ccc4O)=NN32)cc1O. The Bertz CT molecular complexity index is 1160. The topological polar surface area (TPSA) is 74.5 Å². The molecule has 2 atom stereocenters. The molecule has 0 saturated carbocycles. The van der Waals surface area contributed by atoms with Gasteiger partial charge in [-0.15, -0.1) is 0 Å². The maximum absolute atomic E-state index is 10.4. The summed E-state index contributed by atoms with van der Waals surface area (Å²) >= 11 is 0. The number of fused-ring (bicyclic) bond motifs is 3. The summed E-state index contributed by atoms with van der Waals surface area (Å²) in [5.41, 5.74) is 4.43. The molecule has 0 bridgehead atoms. The van der Waals surface area contributed by atoms with Crippen LogP contribution in [-0.4, -0.2) is 28.0 Å². The van der Waals surface area contributed by atoms with Gasteiger partial charge in [0.2, 0.25) is 6.23 Å². The molecule has 0 aliphatic carbocycles. The van der Waals surface area contributed by atoms with Crippen molar-refractivity contribution in [3.8, 4) is 23.0 Å². The van der Waals surface area contributed by atoms with Crippen molar-refractivity contribution in [1.29, 1.82) is 0 Å². The number of hydrogen-bond acceptors (Lipinski definition) is 6. The molecule has 0 radical (unpaired) electrons. The highest BCUT2D eigenvalue weighted by atomic mass is 16.5. The minimum absolute atomic E-state index is 0.0286. The highest BCUT2D eigenvalue weighted by Crippen LogP contribution is 2.48. The Labute approximate surface area is 174 Å². The highest BCUT2D eigenvalue weighted by Gasteiger charge is 2.41. The predicted molar refractivity (Wildman–Crippen MR) is 113 cm³/mol. The fourth-order valence-corrected chi connectivity index (χ4v) is 4.16. The number of aromatic hydroxyl groups is 2. The fraction of sp³-hybridized carbons (Fsp3) is 0.208. The van der Waals surface area contributed by atoms with Gasteiger partial charge in [-0.25, -0.2) is 5.01 Å². The van der Waals surface area contributed by atoms with E-state index in [0.717, 1.165) is 33.7 Å². The molecule has 3 aromatic carbocycles. The number of hydrazone groups is 1. The molecule has 5 rings (SSSR count). The van der Waals surface area contributed by atoms with Crippen LogP contribution in [0.15, 0.2) is 65.8 Å². The Morgan fingerprint density at radius 1 is 1.03 bits per heavy atom. The van der Waals surface area contributed by atoms with E-state index in [1.165, 1.54) is 7.11 Å². The van der Waals surface area contributed by atoms with Crippen LogP contribution in [0.2, 0.25) is 0 Å². The number of phenols is 2. The maximum Gasteiger partial charge on any atom is 0.214 e. The molecular weight excluding hydrogens is 380 g/mol. The number of ether oxygens (including phenoxy) is 2. The van der Waals surface area contributed by atoms with Crippen molar-refractivity contribution in [2.45, 2.75) is 25.6 Å². The number of methoxy groups -OCH3 is 1. The van der Waals surface area contributed by atoms with Gasteiger partial charge in [0, 0.05) is 23.1 Å². The minimum Gasteiger partial charge on any atom is -0.507 e. The van der Waals surface area contributed by atoms with E-state index in [1.807, 2.05) is 54.4 Å². The summed E-state index contributed by atoms with van der Waals surface area (Å²) in [6.07, 6.45) is 0.141. The van der Waals surface area contributed by atoms with Gasteiger partial charge in [0.05, 0.1) is 18.9 Å². The molecule has 0 spiro atoms. The molecule has 2 N–H and O–H groups in total. The van der Waals surface area contributed by atoms with Gasteiger partial charge in [-0.2, -0.15) is 5.10 Å². The smallest absolute Gasteiger partial charge is 0.214 e. The van der Waals surface area contributed by atoms with Crippen LogP contribution in [0.4, 0.5) is 0 Å². The third kappa shape index (κ3) is 2.92. The van der Waals surface area contributed by atoms with E-state index in [0.29, 0.717) is 12.2 Å². The zero-order chi connectivity index (χ0) is 20.8. The summed E-state index contributed by atoms with van der Waals surface area (Å²) in [4.78, 5) is 0. The Balaban J connectivity index is 1.61. The standard InChI is InChI=1S/C24H22N2O4/c1-14-7-9-20(27)17(11-14)18-13-19-16-5-3-4-6-22(16)30-24(26(19)25-18)15-8-10-23(29-2)21(28)12-15/h3-12,19,24,27-28H,13H2,1-2H3/t19-,24+/m1/s1. The lowest BCUT2D eigenvalue weighted by Gasteiger charge is -2.38. The van der Waals surface area contributed by atoms with Gasteiger partial charge in [0.15, 0.2) is 11.5 Å². The van der Waals surface area contributed by atoms with E-state index in [4.69, 9.17) is 14.6 Å². The first-order valence-corrected chi connectivity index (χ1v) is 9.83. The molecule has 0 aromatic heterocycles.